The second-order valence-electron chi connectivity index (χ2n) is 12.2. The van der Waals surface area contributed by atoms with Crippen molar-refractivity contribution < 1.29 is 14.8 Å². The van der Waals surface area contributed by atoms with Gasteiger partial charge in [-0.15, -0.1) is 0 Å². The molecule has 0 fully saturated rings. The van der Waals surface area contributed by atoms with Gasteiger partial charge < -0.3 is 0 Å². The third kappa shape index (κ3) is 10.7. The maximum atomic E-state index is 11.2. The Morgan fingerprint density at radius 2 is 1.04 bits per heavy atom. The minimum absolute atomic E-state index is 0. The van der Waals surface area contributed by atoms with Gasteiger partial charge in [0.2, 0.25) is 0 Å². The van der Waals surface area contributed by atoms with Crippen LogP contribution in [0.4, 0.5) is 17.1 Å². The minimum Gasteiger partial charge on any atom is -0.268 e. The molecule has 0 spiro atoms. The maximum Gasteiger partial charge on any atom is 0.278 e. The van der Waals surface area contributed by atoms with E-state index in [1.54, 1.807) is 114 Å². The summed E-state index contributed by atoms with van der Waals surface area (Å²) in [6, 6.07) is 21.7. The Hall–Kier alpha value is -6.22. The molecule has 6 aromatic rings. The van der Waals surface area contributed by atoms with Crippen LogP contribution in [0.25, 0.3) is 33.8 Å². The topological polar surface area (TPSA) is 183 Å². The molecule has 15 nitrogen and oxygen atoms in total. The Bertz CT molecular complexity index is 2290. The van der Waals surface area contributed by atoms with Crippen LogP contribution in [0.3, 0.4) is 0 Å². The van der Waals surface area contributed by atoms with Crippen LogP contribution in [0.2, 0.25) is 0 Å². The average molecular weight is 848 g/mol. The molecule has 16 heteroatoms. The molecule has 0 saturated heterocycles. The highest BCUT2D eigenvalue weighted by molar-refractivity contribution is 14.1. The van der Waals surface area contributed by atoms with Crippen LogP contribution < -0.4 is 0 Å². The number of nitro benzene ring substituents is 3. The third-order valence-corrected chi connectivity index (χ3v) is 8.10. The molecule has 0 N–H and O–H groups in total. The van der Waals surface area contributed by atoms with Crippen LogP contribution in [-0.4, -0.2) is 44.1 Å². The van der Waals surface area contributed by atoms with Crippen LogP contribution in [-0.2, 0) is 21.1 Å². The standard InChI is InChI=1S/C16H17N3O2.C10H8IN3O2.C10H9N3O2.2CH4/c1-16(2,3)10-9-12-11-17-18(4)15(12)13-7-5-6-8-14(13)19(20)21;1-13-10(8(11)6-12-13)7-4-2-3-5-9(7)14(15)16;1-12-9(6-7-11-12)8-4-2-3-5-10(8)13(14)15;;/h5-8,11H,1-4H3;2-6H,1H3;2-7H,1H3;2*1H4. The highest BCUT2D eigenvalue weighted by atomic mass is 127. The number of hydrogen-bond acceptors (Lipinski definition) is 9. The zero-order valence-electron chi connectivity index (χ0n) is 29.1. The molecule has 0 aliphatic rings. The number of rotatable bonds is 6. The van der Waals surface area contributed by atoms with E-state index in [2.05, 4.69) is 49.7 Å². The Morgan fingerprint density at radius 1 is 0.611 bits per heavy atom. The van der Waals surface area contributed by atoms with Crippen LogP contribution in [0, 0.1) is 51.2 Å². The quantitative estimate of drug-likeness (QED) is 0.0682. The molecule has 3 aromatic heterocycles. The average Bonchev–Trinajstić information content (AvgIpc) is 3.80. The molecule has 0 bridgehead atoms. The normalized spacial score (nSPS) is 10.1. The number of para-hydroxylation sites is 3. The lowest BCUT2D eigenvalue weighted by Gasteiger charge is -2.07. The monoisotopic (exact) mass is 847 g/mol. The molecular weight excluding hydrogens is 805 g/mol. The van der Waals surface area contributed by atoms with Crippen LogP contribution in [0.1, 0.15) is 41.2 Å². The maximum absolute atomic E-state index is 11.2. The molecule has 6 rings (SSSR count). The first-order valence-corrected chi connectivity index (χ1v) is 16.6. The zero-order valence-corrected chi connectivity index (χ0v) is 31.2. The lowest BCUT2D eigenvalue weighted by Crippen LogP contribution is -2.00. The molecule has 0 atom stereocenters. The summed E-state index contributed by atoms with van der Waals surface area (Å²) in [6.45, 7) is 6.04. The largest absolute Gasteiger partial charge is 0.278 e. The summed E-state index contributed by atoms with van der Waals surface area (Å²) >= 11 is 2.12. The number of aryl methyl sites for hydroxylation is 3. The summed E-state index contributed by atoms with van der Waals surface area (Å²) < 4.78 is 5.77. The Labute approximate surface area is 327 Å². The highest BCUT2D eigenvalue weighted by Crippen LogP contribution is 2.33. The minimum atomic E-state index is -0.387. The Balaban J connectivity index is 0.000000279. The van der Waals surface area contributed by atoms with Gasteiger partial charge in [0, 0.05) is 51.0 Å². The Morgan fingerprint density at radius 3 is 1.46 bits per heavy atom. The summed E-state index contributed by atoms with van der Waals surface area (Å²) in [5.41, 5.74) is 4.69. The first-order chi connectivity index (χ1) is 24.6. The molecule has 0 saturated carbocycles. The van der Waals surface area contributed by atoms with Gasteiger partial charge in [0.05, 0.1) is 70.1 Å². The van der Waals surface area contributed by atoms with Crippen LogP contribution >= 0.6 is 22.6 Å². The molecular formula is C38H42IN9O6. The molecule has 0 aliphatic carbocycles. The summed E-state index contributed by atoms with van der Waals surface area (Å²) in [6.07, 6.45) is 4.95. The number of hydrogen-bond donors (Lipinski definition) is 0. The Kier molecular flexibility index (Phi) is 15.5. The van der Waals surface area contributed by atoms with Crippen molar-refractivity contribution in [3.8, 4) is 45.6 Å². The predicted molar refractivity (Wildman–Crippen MR) is 218 cm³/mol. The molecule has 3 heterocycles. The van der Waals surface area contributed by atoms with E-state index < -0.39 is 0 Å². The van der Waals surface area contributed by atoms with Gasteiger partial charge in [-0.1, -0.05) is 63.1 Å². The summed E-state index contributed by atoms with van der Waals surface area (Å²) in [5.74, 6) is 6.22. The van der Waals surface area contributed by atoms with Crippen molar-refractivity contribution in [1.29, 1.82) is 0 Å². The second-order valence-corrected chi connectivity index (χ2v) is 13.3. The first-order valence-electron chi connectivity index (χ1n) is 15.5. The zero-order chi connectivity index (χ0) is 38.2. The van der Waals surface area contributed by atoms with Crippen LogP contribution in [0.5, 0.6) is 0 Å². The molecule has 0 amide bonds. The first kappa shape index (κ1) is 43.9. The molecule has 282 valence electrons. The van der Waals surface area contributed by atoms with Crippen molar-refractivity contribution >= 4 is 39.7 Å². The number of nitrogens with zero attached hydrogens (tertiary/aromatic N) is 9. The predicted octanol–water partition coefficient (Wildman–Crippen LogP) is 9.26. The molecule has 0 radical (unpaired) electrons. The van der Waals surface area contributed by atoms with Crippen molar-refractivity contribution in [3.63, 3.8) is 0 Å². The van der Waals surface area contributed by atoms with Gasteiger partial charge in [-0.3, -0.25) is 44.4 Å². The van der Waals surface area contributed by atoms with Crippen LogP contribution in [0.15, 0.2) is 97.5 Å². The van der Waals surface area contributed by atoms with E-state index >= 15 is 0 Å². The SMILES string of the molecule is C.C.Cn1ncc(C#CC(C)(C)C)c1-c1ccccc1[N+](=O)[O-].Cn1ncc(I)c1-c1ccccc1[N+](=O)[O-].Cn1nccc1-c1ccccc1[N+](=O)[O-]. The van der Waals surface area contributed by atoms with Crippen molar-refractivity contribution in [1.82, 2.24) is 29.3 Å². The number of benzene rings is 3. The van der Waals surface area contributed by atoms with Crippen molar-refractivity contribution in [2.24, 2.45) is 26.6 Å². The number of aromatic nitrogens is 6. The van der Waals surface area contributed by atoms with Gasteiger partial charge in [-0.05, 0) is 67.6 Å². The summed E-state index contributed by atoms with van der Waals surface area (Å²) in [5, 5.41) is 45.2. The van der Waals surface area contributed by atoms with E-state index in [0.29, 0.717) is 27.9 Å². The van der Waals surface area contributed by atoms with Gasteiger partial charge in [-0.2, -0.15) is 15.3 Å². The number of halogens is 1. The van der Waals surface area contributed by atoms with Gasteiger partial charge in [0.1, 0.15) is 0 Å². The highest BCUT2D eigenvalue weighted by Gasteiger charge is 2.21. The van der Waals surface area contributed by atoms with Crippen molar-refractivity contribution in [3.05, 3.63) is 137 Å². The summed E-state index contributed by atoms with van der Waals surface area (Å²) in [7, 11) is 5.29. The second kappa shape index (κ2) is 19.0. The van der Waals surface area contributed by atoms with E-state index in [0.717, 1.165) is 15.0 Å². The van der Waals surface area contributed by atoms with Crippen molar-refractivity contribution in [2.75, 3.05) is 0 Å². The van der Waals surface area contributed by atoms with Gasteiger partial charge in [-0.25, -0.2) is 0 Å². The van der Waals surface area contributed by atoms with Gasteiger partial charge >= 0.3 is 0 Å². The summed E-state index contributed by atoms with van der Waals surface area (Å²) in [4.78, 5) is 31.8. The fraction of sp³-hybridized carbons (Fsp3) is 0.237. The van der Waals surface area contributed by atoms with Gasteiger partial charge in [0.15, 0.2) is 0 Å². The van der Waals surface area contributed by atoms with E-state index in [9.17, 15) is 30.3 Å². The van der Waals surface area contributed by atoms with E-state index in [4.69, 9.17) is 0 Å². The molecule has 0 unspecified atom stereocenters. The van der Waals surface area contributed by atoms with E-state index in [1.165, 1.54) is 18.2 Å². The fourth-order valence-corrected chi connectivity index (χ4v) is 5.73. The van der Waals surface area contributed by atoms with Gasteiger partial charge in [0.25, 0.3) is 17.1 Å². The fourth-order valence-electron chi connectivity index (χ4n) is 4.97. The lowest BCUT2D eigenvalue weighted by molar-refractivity contribution is -0.384. The van der Waals surface area contributed by atoms with E-state index in [-0.39, 0.29) is 52.1 Å². The third-order valence-electron chi connectivity index (χ3n) is 7.31. The van der Waals surface area contributed by atoms with E-state index in [1.807, 2.05) is 20.8 Å². The molecule has 54 heavy (non-hydrogen) atoms. The van der Waals surface area contributed by atoms with Crippen molar-refractivity contribution in [2.45, 2.75) is 35.6 Å². The smallest absolute Gasteiger partial charge is 0.268 e. The number of nitro groups is 3. The molecule has 3 aromatic carbocycles. The lowest BCUT2D eigenvalue weighted by atomic mass is 9.97. The molecule has 0 aliphatic heterocycles.